The monoisotopic (exact) mass is 352 g/mol. The molecule has 1 saturated carbocycles. The maximum atomic E-state index is 13.5. The fraction of sp³-hybridized carbons (Fsp3) is 0.294. The first-order valence-corrected chi connectivity index (χ1v) is 9.47. The van der Waals surface area contributed by atoms with E-state index in [0.29, 0.717) is 24.3 Å². The Kier molecular flexibility index (Phi) is 4.67. The summed E-state index contributed by atoms with van der Waals surface area (Å²) in [6.45, 7) is 0. The van der Waals surface area contributed by atoms with Gasteiger partial charge in [-0.15, -0.1) is 11.6 Å². The highest BCUT2D eigenvalue weighted by Gasteiger charge is 2.59. The van der Waals surface area contributed by atoms with Crippen LogP contribution in [0.1, 0.15) is 19.3 Å². The number of para-hydroxylation sites is 2. The Labute approximate surface area is 140 Å². The van der Waals surface area contributed by atoms with Crippen LogP contribution in [0, 0.1) is 0 Å². The van der Waals surface area contributed by atoms with Crippen LogP contribution in [0.5, 0.6) is 11.5 Å². The van der Waals surface area contributed by atoms with Crippen molar-refractivity contribution < 1.29 is 18.7 Å². The van der Waals surface area contributed by atoms with Crippen LogP contribution in [0.3, 0.4) is 0 Å². The molecule has 2 aromatic carbocycles. The molecular weight excluding hydrogens is 335 g/mol. The lowest BCUT2D eigenvalue weighted by Crippen LogP contribution is -2.37. The van der Waals surface area contributed by atoms with E-state index in [1.54, 1.807) is 48.5 Å². The molecule has 0 aromatic heterocycles. The molecular formula is C17H18ClO4P. The number of aliphatic hydroxyl groups is 1. The number of alkyl halides is 1. The summed E-state index contributed by atoms with van der Waals surface area (Å²) in [5.41, 5.74) is 0. The van der Waals surface area contributed by atoms with Crippen molar-refractivity contribution >= 4 is 19.2 Å². The van der Waals surface area contributed by atoms with Gasteiger partial charge in [0, 0.05) is 0 Å². The van der Waals surface area contributed by atoms with Crippen LogP contribution in [0.25, 0.3) is 0 Å². The molecule has 23 heavy (non-hydrogen) atoms. The Balaban J connectivity index is 1.97. The van der Waals surface area contributed by atoms with Gasteiger partial charge in [0.1, 0.15) is 11.5 Å². The predicted molar refractivity (Wildman–Crippen MR) is 90.2 cm³/mol. The summed E-state index contributed by atoms with van der Waals surface area (Å²) < 4.78 is 24.8. The molecule has 1 fully saturated rings. The highest BCUT2D eigenvalue weighted by molar-refractivity contribution is 7.56. The maximum Gasteiger partial charge on any atom is 0.463 e. The highest BCUT2D eigenvalue weighted by atomic mass is 35.5. The first-order chi connectivity index (χ1) is 11.0. The summed E-state index contributed by atoms with van der Waals surface area (Å²) in [4.78, 5) is 0. The Morgan fingerprint density at radius 2 is 1.48 bits per heavy atom. The average molecular weight is 353 g/mol. The second kappa shape index (κ2) is 6.56. The van der Waals surface area contributed by atoms with E-state index in [1.807, 2.05) is 12.1 Å². The van der Waals surface area contributed by atoms with Crippen molar-refractivity contribution in [3.05, 3.63) is 60.7 Å². The number of rotatable bonds is 5. The minimum atomic E-state index is -3.96. The van der Waals surface area contributed by atoms with Crippen LogP contribution in [-0.2, 0) is 4.57 Å². The van der Waals surface area contributed by atoms with Crippen LogP contribution in [0.15, 0.2) is 60.7 Å². The van der Waals surface area contributed by atoms with Gasteiger partial charge < -0.3 is 14.2 Å². The normalized spacial score (nSPS) is 24.3. The number of halogens is 1. The van der Waals surface area contributed by atoms with Gasteiger partial charge in [0.15, 0.2) is 0 Å². The van der Waals surface area contributed by atoms with Crippen molar-refractivity contribution in [3.63, 3.8) is 0 Å². The van der Waals surface area contributed by atoms with Gasteiger partial charge in [0.05, 0.1) is 5.38 Å². The summed E-state index contributed by atoms with van der Waals surface area (Å²) in [7, 11) is -3.96. The molecule has 1 aliphatic carbocycles. The zero-order valence-electron chi connectivity index (χ0n) is 12.5. The SMILES string of the molecule is O=P(Oc1ccccc1)(Oc1ccccc1)[C@@]1(O)CCC[C@@H]1Cl. The van der Waals surface area contributed by atoms with Crippen molar-refractivity contribution in [2.75, 3.05) is 0 Å². The van der Waals surface area contributed by atoms with E-state index < -0.39 is 18.3 Å². The molecule has 0 radical (unpaired) electrons. The Bertz CT molecular complexity index is 649. The lowest BCUT2D eigenvalue weighted by Gasteiger charge is -2.33. The van der Waals surface area contributed by atoms with Gasteiger partial charge in [-0.3, -0.25) is 0 Å². The molecule has 3 rings (SSSR count). The van der Waals surface area contributed by atoms with E-state index in [2.05, 4.69) is 0 Å². The second-order valence-corrected chi connectivity index (χ2v) is 8.21. The lowest BCUT2D eigenvalue weighted by molar-refractivity contribution is 0.106. The van der Waals surface area contributed by atoms with Crippen molar-refractivity contribution in [1.82, 2.24) is 0 Å². The molecule has 0 unspecified atom stereocenters. The molecule has 0 bridgehead atoms. The van der Waals surface area contributed by atoms with Crippen LogP contribution in [0.2, 0.25) is 0 Å². The van der Waals surface area contributed by atoms with Crippen LogP contribution in [-0.4, -0.2) is 15.8 Å². The molecule has 6 heteroatoms. The topological polar surface area (TPSA) is 55.8 Å². The number of benzene rings is 2. The van der Waals surface area contributed by atoms with Crippen molar-refractivity contribution in [3.8, 4) is 11.5 Å². The standard InChI is InChI=1S/C17H18ClO4P/c18-16-12-7-13-17(16,19)23(20,21-14-8-3-1-4-9-14)22-15-10-5-2-6-11-15/h1-6,8-11,16,19H,7,12-13H2/t16-,17-/m0/s1. The number of hydrogen-bond donors (Lipinski definition) is 1. The molecule has 0 amide bonds. The Morgan fingerprint density at radius 1 is 1.00 bits per heavy atom. The van der Waals surface area contributed by atoms with Gasteiger partial charge in [0.2, 0.25) is 5.34 Å². The second-order valence-electron chi connectivity index (χ2n) is 5.54. The van der Waals surface area contributed by atoms with E-state index in [1.165, 1.54) is 0 Å². The smallest absolute Gasteiger partial charge is 0.414 e. The van der Waals surface area contributed by atoms with Crippen LogP contribution < -0.4 is 9.05 Å². The molecule has 2 atom stereocenters. The number of hydrogen-bond acceptors (Lipinski definition) is 4. The quantitative estimate of drug-likeness (QED) is 0.619. The minimum Gasteiger partial charge on any atom is -0.414 e. The average Bonchev–Trinajstić information content (AvgIpc) is 2.90. The molecule has 2 aromatic rings. The first kappa shape index (κ1) is 16.4. The predicted octanol–water partition coefficient (Wildman–Crippen LogP) is 4.82. The van der Waals surface area contributed by atoms with Gasteiger partial charge in [-0.2, -0.15) is 0 Å². The van der Waals surface area contributed by atoms with E-state index in [-0.39, 0.29) is 6.42 Å². The zero-order valence-corrected chi connectivity index (χ0v) is 14.1. The third kappa shape index (κ3) is 3.25. The molecule has 1 aliphatic rings. The van der Waals surface area contributed by atoms with Gasteiger partial charge in [-0.1, -0.05) is 36.4 Å². The largest absolute Gasteiger partial charge is 0.463 e. The Hall–Kier alpha value is -1.48. The molecule has 4 nitrogen and oxygen atoms in total. The van der Waals surface area contributed by atoms with Gasteiger partial charge >= 0.3 is 7.60 Å². The van der Waals surface area contributed by atoms with Crippen LogP contribution in [0.4, 0.5) is 0 Å². The van der Waals surface area contributed by atoms with Gasteiger partial charge in [-0.25, -0.2) is 4.57 Å². The molecule has 0 aliphatic heterocycles. The Morgan fingerprint density at radius 3 is 1.87 bits per heavy atom. The molecule has 122 valence electrons. The summed E-state index contributed by atoms with van der Waals surface area (Å²) >= 11 is 6.25. The molecule has 1 N–H and O–H groups in total. The third-order valence-corrected chi connectivity index (χ3v) is 7.03. The van der Waals surface area contributed by atoms with Crippen molar-refractivity contribution in [2.24, 2.45) is 0 Å². The lowest BCUT2D eigenvalue weighted by atomic mass is 10.3. The summed E-state index contributed by atoms with van der Waals surface area (Å²) in [5.74, 6) is 0.743. The van der Waals surface area contributed by atoms with Crippen molar-refractivity contribution in [1.29, 1.82) is 0 Å². The molecule has 0 spiro atoms. The molecule has 0 heterocycles. The zero-order chi connectivity index (χ0) is 16.3. The van der Waals surface area contributed by atoms with E-state index in [4.69, 9.17) is 20.6 Å². The van der Waals surface area contributed by atoms with Crippen molar-refractivity contribution in [2.45, 2.75) is 30.0 Å². The summed E-state index contributed by atoms with van der Waals surface area (Å²) in [6, 6.07) is 17.4. The van der Waals surface area contributed by atoms with Crippen LogP contribution >= 0.6 is 19.2 Å². The first-order valence-electron chi connectivity index (χ1n) is 7.49. The molecule has 0 saturated heterocycles. The fourth-order valence-electron chi connectivity index (χ4n) is 2.65. The van der Waals surface area contributed by atoms with Gasteiger partial charge in [0.25, 0.3) is 0 Å². The van der Waals surface area contributed by atoms with E-state index in [0.717, 1.165) is 0 Å². The van der Waals surface area contributed by atoms with E-state index >= 15 is 0 Å². The maximum absolute atomic E-state index is 13.5. The van der Waals surface area contributed by atoms with Gasteiger partial charge in [-0.05, 0) is 43.5 Å². The third-order valence-electron chi connectivity index (χ3n) is 3.92. The highest BCUT2D eigenvalue weighted by Crippen LogP contribution is 2.64. The van der Waals surface area contributed by atoms with E-state index in [9.17, 15) is 9.67 Å². The fourth-order valence-corrected chi connectivity index (χ4v) is 5.33. The minimum absolute atomic E-state index is 0.276. The summed E-state index contributed by atoms with van der Waals surface area (Å²) in [5, 5.41) is 8.57. The summed E-state index contributed by atoms with van der Waals surface area (Å²) in [6.07, 6.45) is 1.52.